The highest BCUT2D eigenvalue weighted by Gasteiger charge is 2.22. The maximum atomic E-state index is 2.50. The SMILES string of the molecule is C1=CCC2CC=c3c(cccc3=C3C=C(c4ccccc4)c4ccccc43)CC2=C1. The molecule has 0 aliphatic heterocycles. The van der Waals surface area contributed by atoms with Gasteiger partial charge >= 0.3 is 0 Å². The number of rotatable bonds is 1. The molecule has 30 heavy (non-hydrogen) atoms. The Labute approximate surface area is 177 Å². The van der Waals surface area contributed by atoms with Crippen LogP contribution >= 0.6 is 0 Å². The van der Waals surface area contributed by atoms with Crippen LogP contribution in [-0.4, -0.2) is 0 Å². The molecule has 3 aliphatic carbocycles. The quantitative estimate of drug-likeness (QED) is 0.515. The summed E-state index contributed by atoms with van der Waals surface area (Å²) in [5.74, 6) is 0.659. The van der Waals surface area contributed by atoms with Gasteiger partial charge in [-0.25, -0.2) is 0 Å². The lowest BCUT2D eigenvalue weighted by molar-refractivity contribution is 0.629. The van der Waals surface area contributed by atoms with Crippen molar-refractivity contribution in [1.82, 2.24) is 0 Å². The van der Waals surface area contributed by atoms with E-state index >= 15 is 0 Å². The van der Waals surface area contributed by atoms with E-state index in [2.05, 4.69) is 103 Å². The highest BCUT2D eigenvalue weighted by atomic mass is 14.3. The van der Waals surface area contributed by atoms with E-state index in [1.165, 1.54) is 50.3 Å². The van der Waals surface area contributed by atoms with Gasteiger partial charge in [0.25, 0.3) is 0 Å². The van der Waals surface area contributed by atoms with E-state index in [9.17, 15) is 0 Å². The number of hydrogen-bond donors (Lipinski definition) is 0. The zero-order chi connectivity index (χ0) is 19.9. The minimum absolute atomic E-state index is 0.659. The van der Waals surface area contributed by atoms with E-state index in [4.69, 9.17) is 0 Å². The Morgan fingerprint density at radius 2 is 1.57 bits per heavy atom. The second-order valence-corrected chi connectivity index (χ2v) is 8.48. The Morgan fingerprint density at radius 1 is 0.733 bits per heavy atom. The Kier molecular flexibility index (Phi) is 4.16. The third-order valence-corrected chi connectivity index (χ3v) is 6.76. The Bertz CT molecular complexity index is 1350. The van der Waals surface area contributed by atoms with Crippen molar-refractivity contribution < 1.29 is 0 Å². The lowest BCUT2D eigenvalue weighted by Crippen LogP contribution is -2.30. The van der Waals surface area contributed by atoms with Crippen molar-refractivity contribution in [3.05, 3.63) is 135 Å². The van der Waals surface area contributed by atoms with Gasteiger partial charge in [-0.15, -0.1) is 0 Å². The number of benzene rings is 3. The second-order valence-electron chi connectivity index (χ2n) is 8.48. The van der Waals surface area contributed by atoms with Crippen molar-refractivity contribution in [2.45, 2.75) is 19.3 Å². The van der Waals surface area contributed by atoms with Gasteiger partial charge in [0, 0.05) is 0 Å². The van der Waals surface area contributed by atoms with Gasteiger partial charge in [-0.2, -0.15) is 0 Å². The van der Waals surface area contributed by atoms with Gasteiger partial charge in [0.05, 0.1) is 0 Å². The van der Waals surface area contributed by atoms with Gasteiger partial charge in [-0.3, -0.25) is 0 Å². The molecule has 0 spiro atoms. The molecule has 0 bridgehead atoms. The van der Waals surface area contributed by atoms with E-state index in [1.54, 1.807) is 5.57 Å². The minimum atomic E-state index is 0.659. The molecule has 0 saturated carbocycles. The first-order chi connectivity index (χ1) is 14.9. The lowest BCUT2D eigenvalue weighted by Gasteiger charge is -2.18. The molecule has 1 atom stereocenters. The van der Waals surface area contributed by atoms with Crippen LogP contribution < -0.4 is 10.4 Å². The minimum Gasteiger partial charge on any atom is -0.0839 e. The van der Waals surface area contributed by atoms with Crippen LogP contribution in [0.1, 0.15) is 35.1 Å². The summed E-state index contributed by atoms with van der Waals surface area (Å²) < 4.78 is 0. The van der Waals surface area contributed by atoms with E-state index in [1.807, 2.05) is 0 Å². The van der Waals surface area contributed by atoms with E-state index in [-0.39, 0.29) is 0 Å². The third-order valence-electron chi connectivity index (χ3n) is 6.76. The highest BCUT2D eigenvalue weighted by Crippen LogP contribution is 2.37. The van der Waals surface area contributed by atoms with E-state index in [0.717, 1.165) is 12.8 Å². The van der Waals surface area contributed by atoms with Crippen molar-refractivity contribution in [1.29, 1.82) is 0 Å². The number of allylic oxidation sites excluding steroid dienone is 5. The van der Waals surface area contributed by atoms with Crippen LogP contribution in [0.15, 0.2) is 103 Å². The molecular weight excluding hydrogens is 360 g/mol. The normalized spacial score (nSPS) is 20.9. The van der Waals surface area contributed by atoms with Crippen LogP contribution in [0.2, 0.25) is 0 Å². The van der Waals surface area contributed by atoms with Crippen molar-refractivity contribution in [2.24, 2.45) is 5.92 Å². The summed E-state index contributed by atoms with van der Waals surface area (Å²) in [4.78, 5) is 0. The molecule has 0 nitrogen and oxygen atoms in total. The van der Waals surface area contributed by atoms with Gasteiger partial charge in [-0.1, -0.05) is 103 Å². The highest BCUT2D eigenvalue weighted by molar-refractivity contribution is 6.00. The number of hydrogen-bond acceptors (Lipinski definition) is 0. The molecule has 0 heteroatoms. The van der Waals surface area contributed by atoms with Gasteiger partial charge in [0.15, 0.2) is 0 Å². The molecule has 0 amide bonds. The summed E-state index contributed by atoms with van der Waals surface area (Å²) >= 11 is 0. The maximum Gasteiger partial charge on any atom is -0.00549 e. The monoisotopic (exact) mass is 384 g/mol. The topological polar surface area (TPSA) is 0 Å². The fourth-order valence-electron chi connectivity index (χ4n) is 5.23. The largest absolute Gasteiger partial charge is 0.0839 e. The van der Waals surface area contributed by atoms with Gasteiger partial charge in [0.1, 0.15) is 0 Å². The molecule has 3 aliphatic rings. The van der Waals surface area contributed by atoms with Crippen LogP contribution in [0.5, 0.6) is 0 Å². The predicted octanol–water partition coefficient (Wildman–Crippen LogP) is 5.56. The molecule has 3 aromatic carbocycles. The lowest BCUT2D eigenvalue weighted by atomic mass is 9.87. The molecule has 1 unspecified atom stereocenters. The Morgan fingerprint density at radius 3 is 2.47 bits per heavy atom. The average Bonchev–Trinajstić information content (AvgIpc) is 3.08. The molecule has 6 rings (SSSR count). The smallest absolute Gasteiger partial charge is 0.00549 e. The summed E-state index contributed by atoms with van der Waals surface area (Å²) in [6, 6.07) is 26.5. The molecule has 0 saturated heterocycles. The van der Waals surface area contributed by atoms with Crippen LogP contribution in [-0.2, 0) is 6.42 Å². The fourth-order valence-corrected chi connectivity index (χ4v) is 5.23. The van der Waals surface area contributed by atoms with Crippen LogP contribution in [0.4, 0.5) is 0 Å². The third kappa shape index (κ3) is 2.83. The van der Waals surface area contributed by atoms with Gasteiger partial charge in [-0.05, 0) is 75.1 Å². The van der Waals surface area contributed by atoms with Crippen molar-refractivity contribution in [3.8, 4) is 0 Å². The Hall–Kier alpha value is -3.38. The summed E-state index contributed by atoms with van der Waals surface area (Å²) in [5.41, 5.74) is 9.70. The Balaban J connectivity index is 1.62. The van der Waals surface area contributed by atoms with E-state index in [0.29, 0.717) is 5.92 Å². The molecule has 3 aromatic rings. The summed E-state index contributed by atoms with van der Waals surface area (Å²) in [5, 5.41) is 2.81. The first-order valence-electron chi connectivity index (χ1n) is 10.9. The molecular formula is C30H24. The maximum absolute atomic E-state index is 2.50. The molecule has 144 valence electrons. The molecule has 0 heterocycles. The molecule has 0 radical (unpaired) electrons. The van der Waals surface area contributed by atoms with E-state index < -0.39 is 0 Å². The first kappa shape index (κ1) is 17.5. The predicted molar refractivity (Wildman–Crippen MR) is 126 cm³/mol. The fraction of sp³-hybridized carbons (Fsp3) is 0.133. The van der Waals surface area contributed by atoms with Crippen LogP contribution in [0.3, 0.4) is 0 Å². The van der Waals surface area contributed by atoms with Gasteiger partial charge in [0.2, 0.25) is 0 Å². The average molecular weight is 385 g/mol. The summed E-state index contributed by atoms with van der Waals surface area (Å²) in [6.07, 6.45) is 15.2. The zero-order valence-corrected chi connectivity index (χ0v) is 17.0. The van der Waals surface area contributed by atoms with Crippen LogP contribution in [0.25, 0.3) is 17.2 Å². The molecule has 0 N–H and O–H groups in total. The number of fused-ring (bicyclic) bond motifs is 3. The summed E-state index contributed by atoms with van der Waals surface area (Å²) in [7, 11) is 0. The van der Waals surface area contributed by atoms with Crippen molar-refractivity contribution >= 4 is 17.2 Å². The standard InChI is InChI=1S/C30H24/c1-2-10-22(11-3-1)29-20-30(28-15-7-6-14-27(28)29)26-16-8-13-24-19-23-12-5-4-9-21(23)17-18-25(24)26/h1-8,10-16,18,20-21H,9,17,19H2. The first-order valence-corrected chi connectivity index (χ1v) is 10.9. The van der Waals surface area contributed by atoms with Gasteiger partial charge < -0.3 is 0 Å². The summed E-state index contributed by atoms with van der Waals surface area (Å²) in [6.45, 7) is 0. The zero-order valence-electron chi connectivity index (χ0n) is 17.0. The van der Waals surface area contributed by atoms with Crippen molar-refractivity contribution in [3.63, 3.8) is 0 Å². The van der Waals surface area contributed by atoms with Crippen LogP contribution in [0, 0.1) is 5.92 Å². The molecule has 0 aromatic heterocycles. The van der Waals surface area contributed by atoms with Crippen molar-refractivity contribution in [2.75, 3.05) is 0 Å². The second kappa shape index (κ2) is 7.15. The molecule has 0 fully saturated rings.